The molecule has 0 saturated carbocycles. The average molecular weight is 277 g/mol. The van der Waals surface area contributed by atoms with Crippen LogP contribution < -0.4 is 10.8 Å². The van der Waals surface area contributed by atoms with Gasteiger partial charge < -0.3 is 15.4 Å². The van der Waals surface area contributed by atoms with Crippen LogP contribution in [0.3, 0.4) is 0 Å². The first kappa shape index (κ1) is 13.7. The van der Waals surface area contributed by atoms with Gasteiger partial charge in [-0.3, -0.25) is 0 Å². The zero-order valence-corrected chi connectivity index (χ0v) is 11.5. The summed E-state index contributed by atoms with van der Waals surface area (Å²) in [5, 5.41) is 24.5. The molecule has 0 amide bonds. The number of nitrogens with one attached hydrogen (secondary N) is 1. The predicted molar refractivity (Wildman–Crippen MR) is 87.5 cm³/mol. The lowest BCUT2D eigenvalue weighted by Crippen LogP contribution is -2.33. The third-order valence-electron chi connectivity index (χ3n) is 3.59. The molecule has 0 aromatic heterocycles. The zero-order valence-electron chi connectivity index (χ0n) is 11.5. The van der Waals surface area contributed by atoms with Gasteiger partial charge in [-0.15, -0.1) is 0 Å². The first-order valence-electron chi connectivity index (χ1n) is 6.91. The van der Waals surface area contributed by atoms with Crippen molar-refractivity contribution in [2.24, 2.45) is 0 Å². The van der Waals surface area contributed by atoms with Crippen LogP contribution in [-0.2, 0) is 6.54 Å². The normalized spacial score (nSPS) is 10.6. The van der Waals surface area contributed by atoms with Gasteiger partial charge in [0.05, 0.1) is 0 Å². The van der Waals surface area contributed by atoms with Gasteiger partial charge in [0.1, 0.15) is 0 Å². The second kappa shape index (κ2) is 6.00. The predicted octanol–water partition coefficient (Wildman–Crippen LogP) is 2.13. The Morgan fingerprint density at radius 1 is 0.810 bits per heavy atom. The van der Waals surface area contributed by atoms with E-state index in [1.54, 1.807) is 12.1 Å². The van der Waals surface area contributed by atoms with E-state index in [0.29, 0.717) is 12.0 Å². The van der Waals surface area contributed by atoms with E-state index < -0.39 is 7.12 Å². The highest BCUT2D eigenvalue weighted by molar-refractivity contribution is 6.59. The smallest absolute Gasteiger partial charge is 0.423 e. The fourth-order valence-corrected chi connectivity index (χ4v) is 2.52. The number of fused-ring (bicyclic) bond motifs is 1. The van der Waals surface area contributed by atoms with Crippen molar-refractivity contribution >= 4 is 29.0 Å². The largest absolute Gasteiger partial charge is 0.488 e. The minimum absolute atomic E-state index is 0.533. The summed E-state index contributed by atoms with van der Waals surface area (Å²) in [6.45, 7) is 0.543. The monoisotopic (exact) mass is 277 g/mol. The topological polar surface area (TPSA) is 52.5 Å². The molecule has 3 nitrogen and oxygen atoms in total. The number of rotatable bonds is 4. The molecule has 4 heteroatoms. The highest BCUT2D eigenvalue weighted by Crippen LogP contribution is 2.23. The molecule has 0 saturated heterocycles. The Morgan fingerprint density at radius 2 is 1.52 bits per heavy atom. The summed E-state index contributed by atoms with van der Waals surface area (Å²) in [5.41, 5.74) is 2.45. The Bertz CT molecular complexity index is 753. The van der Waals surface area contributed by atoms with E-state index >= 15 is 0 Å². The van der Waals surface area contributed by atoms with Gasteiger partial charge >= 0.3 is 7.12 Å². The summed E-state index contributed by atoms with van der Waals surface area (Å²) in [4.78, 5) is 0. The second-order valence-electron chi connectivity index (χ2n) is 4.95. The Balaban J connectivity index is 1.87. The minimum atomic E-state index is -1.45. The number of benzene rings is 3. The summed E-state index contributed by atoms with van der Waals surface area (Å²) in [6, 6.07) is 21.6. The maximum absolute atomic E-state index is 9.40. The molecule has 104 valence electrons. The average Bonchev–Trinajstić information content (AvgIpc) is 2.53. The summed E-state index contributed by atoms with van der Waals surface area (Å²) in [6.07, 6.45) is 0. The fourth-order valence-electron chi connectivity index (χ4n) is 2.52. The summed E-state index contributed by atoms with van der Waals surface area (Å²) >= 11 is 0. The van der Waals surface area contributed by atoms with Gasteiger partial charge in [0.2, 0.25) is 0 Å². The lowest BCUT2D eigenvalue weighted by Gasteiger charge is -2.12. The highest BCUT2D eigenvalue weighted by Gasteiger charge is 2.14. The van der Waals surface area contributed by atoms with Crippen LogP contribution in [0.1, 0.15) is 5.56 Å². The summed E-state index contributed by atoms with van der Waals surface area (Å²) in [5.74, 6) is 0. The number of hydrogen-bond donors (Lipinski definition) is 3. The van der Waals surface area contributed by atoms with Crippen LogP contribution in [0, 0.1) is 0 Å². The van der Waals surface area contributed by atoms with Crippen molar-refractivity contribution in [3.05, 3.63) is 72.3 Å². The molecule has 3 aromatic carbocycles. The first-order chi connectivity index (χ1) is 10.3. The van der Waals surface area contributed by atoms with Crippen molar-refractivity contribution in [2.45, 2.75) is 6.54 Å². The number of hydrogen-bond acceptors (Lipinski definition) is 3. The molecule has 3 N–H and O–H groups in total. The van der Waals surface area contributed by atoms with Crippen LogP contribution in [0.15, 0.2) is 66.7 Å². The zero-order chi connectivity index (χ0) is 14.7. The maximum Gasteiger partial charge on any atom is 0.488 e. The van der Waals surface area contributed by atoms with Crippen molar-refractivity contribution in [1.29, 1.82) is 0 Å². The highest BCUT2D eigenvalue weighted by atomic mass is 16.4. The van der Waals surface area contributed by atoms with Crippen molar-refractivity contribution in [1.82, 2.24) is 0 Å². The lowest BCUT2D eigenvalue weighted by atomic mass is 9.77. The third-order valence-corrected chi connectivity index (χ3v) is 3.59. The van der Waals surface area contributed by atoms with Crippen molar-refractivity contribution in [2.75, 3.05) is 5.32 Å². The Hall–Kier alpha value is -2.30. The van der Waals surface area contributed by atoms with Crippen LogP contribution in [0.5, 0.6) is 0 Å². The van der Waals surface area contributed by atoms with Crippen LogP contribution in [0.25, 0.3) is 10.8 Å². The van der Waals surface area contributed by atoms with E-state index in [1.165, 1.54) is 5.39 Å². The van der Waals surface area contributed by atoms with E-state index in [9.17, 15) is 10.0 Å². The van der Waals surface area contributed by atoms with Gasteiger partial charge in [-0.1, -0.05) is 60.7 Å². The summed E-state index contributed by atoms with van der Waals surface area (Å²) in [7, 11) is -1.45. The molecular formula is C17H16BNO2. The molecule has 0 aliphatic rings. The first-order valence-corrected chi connectivity index (χ1v) is 6.91. The molecule has 0 radical (unpaired) electrons. The van der Waals surface area contributed by atoms with Crippen LogP contribution in [-0.4, -0.2) is 17.2 Å². The summed E-state index contributed by atoms with van der Waals surface area (Å²) < 4.78 is 0. The van der Waals surface area contributed by atoms with Gasteiger partial charge in [0.15, 0.2) is 0 Å². The maximum atomic E-state index is 9.40. The minimum Gasteiger partial charge on any atom is -0.423 e. The van der Waals surface area contributed by atoms with Crippen molar-refractivity contribution < 1.29 is 10.0 Å². The molecule has 0 atom stereocenters. The SMILES string of the molecule is OB(O)c1ccccc1CNc1cccc2ccccc12. The van der Waals surface area contributed by atoms with Gasteiger partial charge in [0.25, 0.3) is 0 Å². The second-order valence-corrected chi connectivity index (χ2v) is 4.95. The Labute approximate surface area is 124 Å². The molecule has 21 heavy (non-hydrogen) atoms. The van der Waals surface area contributed by atoms with E-state index in [2.05, 4.69) is 23.5 Å². The molecule has 0 aliphatic carbocycles. The van der Waals surface area contributed by atoms with E-state index in [-0.39, 0.29) is 0 Å². The molecule has 0 unspecified atom stereocenters. The Kier molecular flexibility index (Phi) is 3.91. The Morgan fingerprint density at radius 3 is 2.38 bits per heavy atom. The van der Waals surface area contributed by atoms with Gasteiger partial charge in [0, 0.05) is 17.6 Å². The quantitative estimate of drug-likeness (QED) is 0.640. The third kappa shape index (κ3) is 2.91. The molecule has 0 bridgehead atoms. The van der Waals surface area contributed by atoms with E-state index in [4.69, 9.17) is 0 Å². The van der Waals surface area contributed by atoms with Crippen molar-refractivity contribution in [3.63, 3.8) is 0 Å². The van der Waals surface area contributed by atoms with E-state index in [0.717, 1.165) is 16.6 Å². The molecular weight excluding hydrogens is 261 g/mol. The van der Waals surface area contributed by atoms with Gasteiger partial charge in [-0.25, -0.2) is 0 Å². The molecule has 3 rings (SSSR count). The molecule has 0 aliphatic heterocycles. The van der Waals surface area contributed by atoms with Crippen LogP contribution in [0.2, 0.25) is 0 Å². The van der Waals surface area contributed by atoms with Gasteiger partial charge in [-0.2, -0.15) is 0 Å². The molecule has 0 fully saturated rings. The van der Waals surface area contributed by atoms with Crippen LogP contribution >= 0.6 is 0 Å². The van der Waals surface area contributed by atoms with Crippen LogP contribution in [0.4, 0.5) is 5.69 Å². The van der Waals surface area contributed by atoms with E-state index in [1.807, 2.05) is 36.4 Å². The fraction of sp³-hybridized carbons (Fsp3) is 0.0588. The molecule has 3 aromatic rings. The molecule has 0 heterocycles. The van der Waals surface area contributed by atoms with Crippen molar-refractivity contribution in [3.8, 4) is 0 Å². The number of anilines is 1. The van der Waals surface area contributed by atoms with Gasteiger partial charge in [-0.05, 0) is 22.5 Å². The molecule has 0 spiro atoms. The lowest BCUT2D eigenvalue weighted by molar-refractivity contribution is 0.425. The standard InChI is InChI=1S/C17H16BNO2/c20-18(21)16-10-4-2-7-14(16)12-19-17-11-5-8-13-6-1-3-9-15(13)17/h1-11,19-21H,12H2.